The molecule has 1 amide bonds. The van der Waals surface area contributed by atoms with Gasteiger partial charge in [-0.1, -0.05) is 6.07 Å². The zero-order chi connectivity index (χ0) is 17.1. The molecule has 1 aliphatic rings. The third-order valence-corrected chi connectivity index (χ3v) is 5.13. The largest absolute Gasteiger partial charge is 0.353 e. The van der Waals surface area contributed by atoms with Gasteiger partial charge in [-0.05, 0) is 75.2 Å². The number of aromatic nitrogens is 1. The standard InChI is InChI=1S/C20H27N3O/c1-15-8-9-17(13-16(15)2)20(24)21-14-19(23-11-4-5-12-23)18-7-6-10-22(18)3/h6-10,13,19H,4-5,11-12,14H2,1-3H3,(H,21,24). The molecule has 1 aliphatic heterocycles. The quantitative estimate of drug-likeness (QED) is 0.916. The smallest absolute Gasteiger partial charge is 0.251 e. The van der Waals surface area contributed by atoms with Gasteiger partial charge < -0.3 is 9.88 Å². The van der Waals surface area contributed by atoms with Crippen molar-refractivity contribution in [1.29, 1.82) is 0 Å². The molecule has 128 valence electrons. The van der Waals surface area contributed by atoms with Crippen LogP contribution in [0.15, 0.2) is 36.5 Å². The van der Waals surface area contributed by atoms with Crippen molar-refractivity contribution in [3.63, 3.8) is 0 Å². The van der Waals surface area contributed by atoms with Crippen LogP contribution >= 0.6 is 0 Å². The summed E-state index contributed by atoms with van der Waals surface area (Å²) in [6.45, 7) is 6.97. The molecule has 2 aromatic rings. The second-order valence-electron chi connectivity index (χ2n) is 6.81. The van der Waals surface area contributed by atoms with Gasteiger partial charge in [0.15, 0.2) is 0 Å². The minimum absolute atomic E-state index is 0.0107. The third-order valence-electron chi connectivity index (χ3n) is 5.13. The molecule has 0 saturated carbocycles. The number of nitrogens with one attached hydrogen (secondary N) is 1. The summed E-state index contributed by atoms with van der Waals surface area (Å²) in [7, 11) is 2.07. The number of likely N-dealkylation sites (tertiary alicyclic amines) is 1. The van der Waals surface area contributed by atoms with Gasteiger partial charge in [-0.15, -0.1) is 0 Å². The van der Waals surface area contributed by atoms with Crippen molar-refractivity contribution >= 4 is 5.91 Å². The van der Waals surface area contributed by atoms with Crippen molar-refractivity contribution in [2.75, 3.05) is 19.6 Å². The maximum Gasteiger partial charge on any atom is 0.251 e. The minimum atomic E-state index is 0.0107. The van der Waals surface area contributed by atoms with E-state index in [1.54, 1.807) is 0 Å². The van der Waals surface area contributed by atoms with Crippen molar-refractivity contribution in [1.82, 2.24) is 14.8 Å². The molecule has 1 fully saturated rings. The molecule has 4 heteroatoms. The van der Waals surface area contributed by atoms with Crippen molar-refractivity contribution in [3.8, 4) is 0 Å². The summed E-state index contributed by atoms with van der Waals surface area (Å²) in [5, 5.41) is 3.14. The molecule has 0 radical (unpaired) electrons. The number of hydrogen-bond acceptors (Lipinski definition) is 2. The van der Waals surface area contributed by atoms with Crippen LogP contribution in [0, 0.1) is 13.8 Å². The minimum Gasteiger partial charge on any atom is -0.353 e. The monoisotopic (exact) mass is 325 g/mol. The van der Waals surface area contributed by atoms with E-state index in [9.17, 15) is 4.79 Å². The summed E-state index contributed by atoms with van der Waals surface area (Å²) < 4.78 is 2.16. The predicted molar refractivity (Wildman–Crippen MR) is 97.2 cm³/mol. The summed E-state index contributed by atoms with van der Waals surface area (Å²) in [5.41, 5.74) is 4.37. The lowest BCUT2D eigenvalue weighted by Crippen LogP contribution is -2.37. The van der Waals surface area contributed by atoms with E-state index < -0.39 is 0 Å². The highest BCUT2D eigenvalue weighted by molar-refractivity contribution is 5.94. The maximum atomic E-state index is 12.5. The summed E-state index contributed by atoms with van der Waals surface area (Å²) in [6, 6.07) is 10.4. The Bertz CT molecular complexity index is 713. The van der Waals surface area contributed by atoms with Crippen molar-refractivity contribution in [3.05, 3.63) is 58.9 Å². The molecular formula is C20H27N3O. The van der Waals surface area contributed by atoms with Crippen LogP contribution in [0.4, 0.5) is 0 Å². The van der Waals surface area contributed by atoms with Gasteiger partial charge in [0.1, 0.15) is 0 Å². The fraction of sp³-hybridized carbons (Fsp3) is 0.450. The Morgan fingerprint density at radius 3 is 2.54 bits per heavy atom. The van der Waals surface area contributed by atoms with Crippen molar-refractivity contribution in [2.45, 2.75) is 32.7 Å². The van der Waals surface area contributed by atoms with Crippen molar-refractivity contribution in [2.24, 2.45) is 7.05 Å². The van der Waals surface area contributed by atoms with Gasteiger partial charge in [-0.2, -0.15) is 0 Å². The van der Waals surface area contributed by atoms with E-state index in [4.69, 9.17) is 0 Å². The van der Waals surface area contributed by atoms with Crippen LogP contribution in [0.25, 0.3) is 0 Å². The second kappa shape index (κ2) is 7.22. The molecule has 1 unspecified atom stereocenters. The number of benzene rings is 1. The van der Waals surface area contributed by atoms with E-state index in [0.717, 1.165) is 24.2 Å². The average molecular weight is 325 g/mol. The molecule has 1 aromatic carbocycles. The first kappa shape index (κ1) is 16.8. The van der Waals surface area contributed by atoms with Gasteiger partial charge in [0.05, 0.1) is 6.04 Å². The zero-order valence-corrected chi connectivity index (χ0v) is 14.9. The number of amides is 1. The SMILES string of the molecule is Cc1ccc(C(=O)NCC(c2cccn2C)N2CCCC2)cc1C. The Balaban J connectivity index is 1.72. The van der Waals surface area contributed by atoms with E-state index in [1.165, 1.54) is 24.1 Å². The zero-order valence-electron chi connectivity index (χ0n) is 14.9. The highest BCUT2D eigenvalue weighted by Crippen LogP contribution is 2.24. The van der Waals surface area contributed by atoms with Gasteiger partial charge >= 0.3 is 0 Å². The molecule has 0 bridgehead atoms. The number of hydrogen-bond donors (Lipinski definition) is 1. The lowest BCUT2D eigenvalue weighted by Gasteiger charge is -2.28. The van der Waals surface area contributed by atoms with Crippen LogP contribution in [-0.4, -0.2) is 35.0 Å². The Morgan fingerprint density at radius 2 is 1.92 bits per heavy atom. The van der Waals surface area contributed by atoms with Crippen LogP contribution in [-0.2, 0) is 7.05 Å². The molecule has 0 spiro atoms. The molecule has 1 atom stereocenters. The van der Waals surface area contributed by atoms with Gasteiger partial charge in [0.25, 0.3) is 5.91 Å². The lowest BCUT2D eigenvalue weighted by molar-refractivity contribution is 0.0936. The Morgan fingerprint density at radius 1 is 1.17 bits per heavy atom. The fourth-order valence-electron chi connectivity index (χ4n) is 3.47. The summed E-state index contributed by atoms with van der Waals surface area (Å²) in [4.78, 5) is 15.0. The number of aryl methyl sites for hydroxylation is 3. The molecule has 1 aromatic heterocycles. The Kier molecular flexibility index (Phi) is 5.05. The van der Waals surface area contributed by atoms with E-state index >= 15 is 0 Å². The first-order chi connectivity index (χ1) is 11.6. The van der Waals surface area contributed by atoms with Crippen LogP contribution in [0.5, 0.6) is 0 Å². The third kappa shape index (κ3) is 3.54. The molecule has 4 nitrogen and oxygen atoms in total. The Hall–Kier alpha value is -2.07. The first-order valence-electron chi connectivity index (χ1n) is 8.77. The summed E-state index contributed by atoms with van der Waals surface area (Å²) in [5.74, 6) is 0.0107. The van der Waals surface area contributed by atoms with Gasteiger partial charge in [-0.3, -0.25) is 9.69 Å². The summed E-state index contributed by atoms with van der Waals surface area (Å²) in [6.07, 6.45) is 4.56. The molecule has 0 aliphatic carbocycles. The van der Waals surface area contributed by atoms with Crippen molar-refractivity contribution < 1.29 is 4.79 Å². The molecule has 1 N–H and O–H groups in total. The van der Waals surface area contributed by atoms with Crippen LogP contribution < -0.4 is 5.32 Å². The van der Waals surface area contributed by atoms with Crippen LogP contribution in [0.1, 0.15) is 46.1 Å². The second-order valence-corrected chi connectivity index (χ2v) is 6.81. The number of rotatable bonds is 5. The fourth-order valence-corrected chi connectivity index (χ4v) is 3.47. The average Bonchev–Trinajstić information content (AvgIpc) is 3.23. The normalized spacial score (nSPS) is 16.3. The Labute approximate surface area is 144 Å². The number of nitrogens with zero attached hydrogens (tertiary/aromatic N) is 2. The lowest BCUT2D eigenvalue weighted by atomic mass is 10.1. The molecule has 3 rings (SSSR count). The maximum absolute atomic E-state index is 12.5. The molecule has 24 heavy (non-hydrogen) atoms. The van der Waals surface area contributed by atoms with E-state index in [2.05, 4.69) is 47.1 Å². The van der Waals surface area contributed by atoms with Gasteiger partial charge in [-0.25, -0.2) is 0 Å². The van der Waals surface area contributed by atoms with E-state index in [-0.39, 0.29) is 11.9 Å². The molecular weight excluding hydrogens is 298 g/mol. The highest BCUT2D eigenvalue weighted by atomic mass is 16.1. The first-order valence-corrected chi connectivity index (χ1v) is 8.77. The number of carbonyl (C=O) groups is 1. The molecule has 2 heterocycles. The topological polar surface area (TPSA) is 37.3 Å². The molecule has 1 saturated heterocycles. The van der Waals surface area contributed by atoms with E-state index in [0.29, 0.717) is 6.54 Å². The van der Waals surface area contributed by atoms with Crippen LogP contribution in [0.2, 0.25) is 0 Å². The predicted octanol–water partition coefficient (Wildman–Crippen LogP) is 3.21. The van der Waals surface area contributed by atoms with Crippen LogP contribution in [0.3, 0.4) is 0 Å². The van der Waals surface area contributed by atoms with E-state index in [1.807, 2.05) is 25.1 Å². The van der Waals surface area contributed by atoms with Gasteiger partial charge in [0, 0.05) is 31.0 Å². The summed E-state index contributed by atoms with van der Waals surface area (Å²) >= 11 is 0. The van der Waals surface area contributed by atoms with Gasteiger partial charge in [0.2, 0.25) is 0 Å². The highest BCUT2D eigenvalue weighted by Gasteiger charge is 2.25. The number of carbonyl (C=O) groups excluding carboxylic acids is 1.